The molecule has 6 fully saturated rings. The third-order valence-corrected chi connectivity index (χ3v) is 29.3. The molecule has 26 rings (SSSR count). The van der Waals surface area contributed by atoms with Crippen LogP contribution in [0.3, 0.4) is 0 Å². The van der Waals surface area contributed by atoms with Gasteiger partial charge in [0.25, 0.3) is 27.8 Å². The zero-order valence-electron chi connectivity index (χ0n) is 81.5. The number of fused-ring (bicyclic) bond motifs is 11. The summed E-state index contributed by atoms with van der Waals surface area (Å²) in [6, 6.07) is 41.4. The zero-order chi connectivity index (χ0) is 101. The fraction of sp³-hybridized carbons (Fsp3) is 0.296. The first-order valence-electron chi connectivity index (χ1n) is 49.2. The topological polar surface area (TPSA) is 306 Å². The van der Waals surface area contributed by atoms with Crippen molar-refractivity contribution in [3.05, 3.63) is 326 Å². The van der Waals surface area contributed by atoms with Crippen LogP contribution in [-0.4, -0.2) is 230 Å². The van der Waals surface area contributed by atoms with E-state index in [0.29, 0.717) is 123 Å². The Bertz CT molecular complexity index is 8320. The molecule has 0 aliphatic carbocycles. The van der Waals surface area contributed by atoms with Gasteiger partial charge in [-0.25, -0.2) is 49.2 Å². The van der Waals surface area contributed by atoms with Crippen molar-refractivity contribution < 1.29 is 9.13 Å². The lowest BCUT2D eigenvalue weighted by atomic mass is 10.1. The number of hydrogen-bond acceptors (Lipinski definition) is 24. The molecule has 4 atom stereocenters. The van der Waals surface area contributed by atoms with Gasteiger partial charge in [-0.15, -0.1) is 0 Å². The number of methoxy groups -OCH3 is 1. The normalized spacial score (nSPS) is 17.7. The SMILES string of the molecule is COc1ccc(-c2ccc3nc(C4=CCNCC4)cc(=O)n3c2)cc1F.Cc1cn2cc(-c3cc(=O)n4cc(N5CCN6CCC[C@@H]6C5)ccc4n3)cc(Cl)c2n1.Cc1cn2cc(-c3cc(=O)n4cc(N5CCN6CCC[C@H]6C5)ccc4n3)cc(Cl)c2n1.Cc1cn2cc(-c3cc(=O)n4cc(N5CCN[C@@H](C)C5)ccc4n3)cc(Cl)c2n1.Cc1cn2cc(-c3cc(=O)n4cc(N5CCN[C@H](C)C5)ccc4n3)cc(Cl)c2n1. The van der Waals surface area contributed by atoms with Crippen molar-refractivity contribution in [1.29, 1.82) is 0 Å². The predicted molar refractivity (Wildman–Crippen MR) is 573 cm³/mol. The number of nitrogens with zero attached hydrogens (tertiary/aromatic N) is 24. The third kappa shape index (κ3) is 19.9. The number of anilines is 4. The summed E-state index contributed by atoms with van der Waals surface area (Å²) in [6.45, 7) is 27.8. The summed E-state index contributed by atoms with van der Waals surface area (Å²) < 4.78 is 34.4. The van der Waals surface area contributed by atoms with Gasteiger partial charge in [-0.05, 0) is 207 Å². The minimum atomic E-state index is -0.441. The van der Waals surface area contributed by atoms with Crippen molar-refractivity contribution in [2.45, 2.75) is 97.8 Å². The van der Waals surface area contributed by atoms with E-state index in [1.54, 1.807) is 84.5 Å². The molecule has 38 heteroatoms. The number of ether oxygens (including phenoxy) is 1. The highest BCUT2D eigenvalue weighted by molar-refractivity contribution is 6.35. The molecule has 19 aromatic rings. The third-order valence-electron chi connectivity index (χ3n) is 28.2. The molecular formula is C108H106Cl4FN27O6. The lowest BCUT2D eigenvalue weighted by Gasteiger charge is -2.38. The predicted octanol–water partition coefficient (Wildman–Crippen LogP) is 14.9. The molecule has 146 heavy (non-hydrogen) atoms. The van der Waals surface area contributed by atoms with E-state index in [4.69, 9.17) is 71.1 Å². The first kappa shape index (κ1) is 96.2. The minimum absolute atomic E-state index is 0.0978. The maximum Gasteiger partial charge on any atom is 0.258 e. The average Bonchev–Trinajstić information content (AvgIpc) is 1.31. The van der Waals surface area contributed by atoms with Gasteiger partial charge in [0, 0.05) is 242 Å². The molecule has 3 N–H and O–H groups in total. The highest BCUT2D eigenvalue weighted by Crippen LogP contribution is 2.36. The van der Waals surface area contributed by atoms with E-state index in [9.17, 15) is 28.4 Å². The molecule has 0 unspecified atom stereocenters. The second kappa shape index (κ2) is 40.4. The minimum Gasteiger partial charge on any atom is -0.494 e. The van der Waals surface area contributed by atoms with Crippen LogP contribution in [0.15, 0.2) is 244 Å². The van der Waals surface area contributed by atoms with Gasteiger partial charge in [-0.1, -0.05) is 58.5 Å². The van der Waals surface area contributed by atoms with E-state index in [1.165, 1.54) is 56.3 Å². The molecule has 7 aliphatic rings. The van der Waals surface area contributed by atoms with E-state index < -0.39 is 5.82 Å². The molecule has 0 spiro atoms. The smallest absolute Gasteiger partial charge is 0.258 e. The largest absolute Gasteiger partial charge is 0.494 e. The number of aryl methyl sites for hydroxylation is 4. The van der Waals surface area contributed by atoms with E-state index >= 15 is 0 Å². The lowest BCUT2D eigenvalue weighted by Crippen LogP contribution is -2.50. The van der Waals surface area contributed by atoms with Gasteiger partial charge in [0.05, 0.1) is 101 Å². The Balaban J connectivity index is 0.000000104. The summed E-state index contributed by atoms with van der Waals surface area (Å²) in [7, 11) is 1.43. The number of imidazole rings is 4. The molecule has 0 amide bonds. The van der Waals surface area contributed by atoms with Gasteiger partial charge in [0.2, 0.25) is 0 Å². The molecule has 33 nitrogen and oxygen atoms in total. The molecule has 0 radical (unpaired) electrons. The molecule has 7 aliphatic heterocycles. The number of pyridine rings is 9. The van der Waals surface area contributed by atoms with Gasteiger partial charge in [0.1, 0.15) is 28.2 Å². The van der Waals surface area contributed by atoms with Crippen LogP contribution in [0, 0.1) is 33.5 Å². The number of benzene rings is 1. The average molecular weight is 2040 g/mol. The Hall–Kier alpha value is -14.6. The van der Waals surface area contributed by atoms with Gasteiger partial charge in [0.15, 0.2) is 34.2 Å². The molecule has 0 bridgehead atoms. The highest BCUT2D eigenvalue weighted by atomic mass is 35.5. The number of aromatic nitrogens is 18. The van der Waals surface area contributed by atoms with Crippen LogP contribution < -0.4 is 68.1 Å². The van der Waals surface area contributed by atoms with Gasteiger partial charge < -0.3 is 57.9 Å². The quantitative estimate of drug-likeness (QED) is 0.108. The Morgan fingerprint density at radius 2 is 0.678 bits per heavy atom. The molecule has 6 saturated heterocycles. The van der Waals surface area contributed by atoms with E-state index in [-0.39, 0.29) is 33.5 Å². The van der Waals surface area contributed by atoms with Crippen LogP contribution in [0.25, 0.3) is 113 Å². The summed E-state index contributed by atoms with van der Waals surface area (Å²) in [4.78, 5) is 120. The van der Waals surface area contributed by atoms with Crippen LogP contribution in [0.4, 0.5) is 27.1 Å². The summed E-state index contributed by atoms with van der Waals surface area (Å²) in [5, 5.41) is 12.2. The fourth-order valence-electron chi connectivity index (χ4n) is 20.9. The Morgan fingerprint density at radius 1 is 0.342 bits per heavy atom. The van der Waals surface area contributed by atoms with Gasteiger partial charge in [-0.3, -0.25) is 55.8 Å². The van der Waals surface area contributed by atoms with Crippen molar-refractivity contribution in [2.75, 3.05) is 131 Å². The van der Waals surface area contributed by atoms with Crippen LogP contribution in [0.2, 0.25) is 20.1 Å². The number of halogens is 5. The molecule has 744 valence electrons. The van der Waals surface area contributed by atoms with Crippen molar-refractivity contribution in [3.8, 4) is 61.9 Å². The summed E-state index contributed by atoms with van der Waals surface area (Å²) >= 11 is 25.6. The van der Waals surface area contributed by atoms with Crippen molar-refractivity contribution >= 4 is 126 Å². The highest BCUT2D eigenvalue weighted by Gasteiger charge is 2.34. The first-order valence-corrected chi connectivity index (χ1v) is 50.7. The number of piperazine rings is 4. The molecule has 18 aromatic heterocycles. The lowest BCUT2D eigenvalue weighted by molar-refractivity contribution is 0.231. The summed E-state index contributed by atoms with van der Waals surface area (Å²) in [5.74, 6) is -0.253. The summed E-state index contributed by atoms with van der Waals surface area (Å²) in [5.41, 5.74) is 21.7. The second-order valence-electron chi connectivity index (χ2n) is 38.5. The first-order chi connectivity index (χ1) is 70.7. The molecule has 25 heterocycles. The molecule has 0 saturated carbocycles. The molecular weight excluding hydrogens is 1930 g/mol. The Labute approximate surface area is 856 Å². The molecule has 1 aromatic carbocycles. The zero-order valence-corrected chi connectivity index (χ0v) is 84.5. The number of rotatable bonds is 11. The van der Waals surface area contributed by atoms with E-state index in [1.807, 2.05) is 174 Å². The van der Waals surface area contributed by atoms with Crippen molar-refractivity contribution in [3.63, 3.8) is 0 Å². The van der Waals surface area contributed by atoms with Crippen LogP contribution in [0.1, 0.15) is 74.4 Å². The van der Waals surface area contributed by atoms with Crippen molar-refractivity contribution in [2.24, 2.45) is 0 Å². The maximum absolute atomic E-state index is 14.0. The summed E-state index contributed by atoms with van der Waals surface area (Å²) in [6.07, 6.45) is 32.6. The monoisotopic (exact) mass is 2040 g/mol. The Kier molecular flexibility index (Phi) is 26.6. The number of hydrogen-bond donors (Lipinski definition) is 3. The fourth-order valence-corrected chi connectivity index (χ4v) is 21.9. The van der Waals surface area contributed by atoms with Gasteiger partial charge >= 0.3 is 0 Å². The Morgan fingerprint density at radius 3 is 1.02 bits per heavy atom. The van der Waals surface area contributed by atoms with E-state index in [2.05, 4.69) is 102 Å². The van der Waals surface area contributed by atoms with Crippen LogP contribution >= 0.6 is 46.4 Å². The van der Waals surface area contributed by atoms with E-state index in [0.717, 1.165) is 183 Å². The number of nitrogens with one attached hydrogen (secondary N) is 3. The van der Waals surface area contributed by atoms with Gasteiger partial charge in [-0.2, -0.15) is 0 Å². The standard InChI is InChI=1S/2C23H23ClN6O.2C21H21ClN6O.C20H18FN3O2/c2*1-15-11-29-12-16(9-19(24)23(29)25-15)20-10-22(31)30-14-18(4-5-21(30)26-20)28-8-7-27-6-2-3-17(27)13-28;2*1-13-9-26(6-5-23-13)16-3-4-19-25-18(8-20(29)28(19)12-16)15-7-17(22)21-24-14(2)10-27(21)11-15;1-26-18-4-2-14(10-16(18)21)15-3-5-19-23-17(11-20(25)24(19)12-15)13-6-8-22-9-7-13/h2*4-5,9-12,14,17H,2-3,6-8,13H2,1H3;2*3-4,7-8,10-13,23H,5-6,9H2,1-2H3;2-6,10-12,22H,7-9H2,1H3/t2*17-;2*13-;/m1010./s1. The maximum atomic E-state index is 14.0. The van der Waals surface area contributed by atoms with Crippen LogP contribution in [-0.2, 0) is 0 Å². The second-order valence-corrected chi connectivity index (χ2v) is 40.1. The van der Waals surface area contributed by atoms with Crippen LogP contribution in [0.5, 0.6) is 5.75 Å². The van der Waals surface area contributed by atoms with Crippen molar-refractivity contribution in [1.82, 2.24) is 110 Å².